The molecule has 0 aliphatic carbocycles. The molecule has 4 aromatic rings. The lowest BCUT2D eigenvalue weighted by atomic mass is 10.0. The Morgan fingerprint density at radius 3 is 2.41 bits per heavy atom. The van der Waals surface area contributed by atoms with Gasteiger partial charge in [-0.2, -0.15) is 4.98 Å². The zero-order valence-electron chi connectivity index (χ0n) is 19.0. The van der Waals surface area contributed by atoms with Crippen molar-refractivity contribution in [2.24, 2.45) is 7.05 Å². The van der Waals surface area contributed by atoms with Crippen molar-refractivity contribution < 1.29 is 14.0 Å². The number of carbonyl (C=O) groups is 2. The summed E-state index contributed by atoms with van der Waals surface area (Å²) in [6, 6.07) is 15.5. The third-order valence-electron chi connectivity index (χ3n) is 5.19. The minimum absolute atomic E-state index is 0.0690. The molecule has 174 valence electrons. The van der Waals surface area contributed by atoms with E-state index in [2.05, 4.69) is 25.7 Å². The van der Waals surface area contributed by atoms with Gasteiger partial charge in [-0.25, -0.2) is 14.1 Å². The normalized spacial score (nSPS) is 11.3. The maximum absolute atomic E-state index is 13.4. The maximum atomic E-state index is 13.4. The number of imidazole rings is 1. The van der Waals surface area contributed by atoms with E-state index in [9.17, 15) is 14.0 Å². The highest BCUT2D eigenvalue weighted by Gasteiger charge is 2.32. The summed E-state index contributed by atoms with van der Waals surface area (Å²) < 4.78 is 16.6. The first-order valence-corrected chi connectivity index (χ1v) is 10.6. The molecule has 0 atom stereocenters. The molecule has 0 aliphatic heterocycles. The number of aromatic nitrogens is 5. The summed E-state index contributed by atoms with van der Waals surface area (Å²) in [6.45, 7) is 3.55. The number of halogens is 1. The summed E-state index contributed by atoms with van der Waals surface area (Å²) >= 11 is 0. The first kappa shape index (κ1) is 22.8. The Balaban J connectivity index is 1.57. The van der Waals surface area contributed by atoms with Gasteiger partial charge >= 0.3 is 0 Å². The molecule has 0 fully saturated rings. The van der Waals surface area contributed by atoms with E-state index in [1.165, 1.54) is 18.3 Å². The van der Waals surface area contributed by atoms with Gasteiger partial charge in [-0.15, -0.1) is 5.10 Å². The fourth-order valence-electron chi connectivity index (χ4n) is 3.31. The summed E-state index contributed by atoms with van der Waals surface area (Å²) in [7, 11) is 1.69. The second kappa shape index (κ2) is 9.26. The molecule has 0 unspecified atom stereocenters. The number of anilines is 1. The van der Waals surface area contributed by atoms with E-state index >= 15 is 0 Å². The fraction of sp³-hybridized carbons (Fsp3) is 0.208. The van der Waals surface area contributed by atoms with Crippen LogP contribution in [-0.2, 0) is 18.4 Å². The van der Waals surface area contributed by atoms with Crippen LogP contribution in [0.4, 0.5) is 10.3 Å². The van der Waals surface area contributed by atoms with Crippen LogP contribution in [0.5, 0.6) is 0 Å². The summed E-state index contributed by atoms with van der Waals surface area (Å²) in [6.07, 6.45) is 3.14. The zero-order valence-corrected chi connectivity index (χ0v) is 19.0. The second-order valence-corrected chi connectivity index (χ2v) is 8.30. The lowest BCUT2D eigenvalue weighted by Gasteiger charge is -2.24. The largest absolute Gasteiger partial charge is 0.335 e. The molecule has 2 N–H and O–H groups in total. The number of aryl methyl sites for hydroxylation is 1. The summed E-state index contributed by atoms with van der Waals surface area (Å²) in [5.41, 5.74) is 0.355. The third kappa shape index (κ3) is 5.01. The van der Waals surface area contributed by atoms with E-state index in [4.69, 9.17) is 0 Å². The predicted molar refractivity (Wildman–Crippen MR) is 124 cm³/mol. The number of carbonyl (C=O) groups excluding carboxylic acids is 2. The van der Waals surface area contributed by atoms with E-state index in [-0.39, 0.29) is 17.6 Å². The number of nitrogens with zero attached hydrogens (tertiary/aromatic N) is 5. The minimum Gasteiger partial charge on any atom is -0.335 e. The smallest absolute Gasteiger partial charge is 0.288 e. The van der Waals surface area contributed by atoms with Crippen molar-refractivity contribution in [3.63, 3.8) is 0 Å². The Hall–Kier alpha value is -4.34. The summed E-state index contributed by atoms with van der Waals surface area (Å²) in [5, 5.41) is 9.81. The molecule has 0 saturated carbocycles. The van der Waals surface area contributed by atoms with Crippen LogP contribution in [0.3, 0.4) is 0 Å². The number of hydrogen-bond acceptors (Lipinski definition) is 5. The van der Waals surface area contributed by atoms with Crippen molar-refractivity contribution in [3.8, 4) is 11.4 Å². The molecule has 0 aliphatic rings. The topological polar surface area (TPSA) is 107 Å². The molecular weight excluding hydrogens is 437 g/mol. The predicted octanol–water partition coefficient (Wildman–Crippen LogP) is 3.01. The average molecular weight is 462 g/mol. The Morgan fingerprint density at radius 1 is 1.06 bits per heavy atom. The molecule has 0 bridgehead atoms. The standard InChI is InChI=1S/C24H24FN7O2/c1-24(2,29-21(33)20-26-13-14-31(20)3)22(34)28-23-27-19(17-9-11-18(25)12-10-17)32(30-23)15-16-7-5-4-6-8-16/h4-14H,15H2,1-3H3,(H,29,33)(H,28,30,34). The highest BCUT2D eigenvalue weighted by atomic mass is 19.1. The van der Waals surface area contributed by atoms with E-state index in [0.29, 0.717) is 17.9 Å². The minimum atomic E-state index is -1.27. The van der Waals surface area contributed by atoms with Crippen LogP contribution in [0.1, 0.15) is 30.0 Å². The molecule has 2 aromatic heterocycles. The summed E-state index contributed by atoms with van der Waals surface area (Å²) in [4.78, 5) is 34.0. The SMILES string of the molecule is Cn1ccnc1C(=O)NC(C)(C)C(=O)Nc1nc(-c2ccc(F)cc2)n(Cc2ccccc2)n1. The van der Waals surface area contributed by atoms with Gasteiger partial charge in [0.25, 0.3) is 11.8 Å². The number of nitrogens with one attached hydrogen (secondary N) is 2. The van der Waals surface area contributed by atoms with Crippen molar-refractivity contribution in [2.45, 2.75) is 25.9 Å². The van der Waals surface area contributed by atoms with Gasteiger partial charge in [0.15, 0.2) is 11.6 Å². The monoisotopic (exact) mass is 461 g/mol. The Bertz CT molecular complexity index is 1310. The van der Waals surface area contributed by atoms with Gasteiger partial charge < -0.3 is 9.88 Å². The van der Waals surface area contributed by atoms with Crippen molar-refractivity contribution in [1.82, 2.24) is 29.6 Å². The molecule has 9 nitrogen and oxygen atoms in total. The van der Waals surface area contributed by atoms with Crippen molar-refractivity contribution in [2.75, 3.05) is 5.32 Å². The molecule has 0 spiro atoms. The molecule has 2 heterocycles. The quantitative estimate of drug-likeness (QED) is 0.440. The van der Waals surface area contributed by atoms with Crippen molar-refractivity contribution in [1.29, 1.82) is 0 Å². The van der Waals surface area contributed by atoms with E-state index in [1.54, 1.807) is 48.5 Å². The highest BCUT2D eigenvalue weighted by molar-refractivity contribution is 6.01. The van der Waals surface area contributed by atoms with Crippen LogP contribution < -0.4 is 10.6 Å². The number of benzene rings is 2. The lowest BCUT2D eigenvalue weighted by molar-refractivity contribution is -0.121. The molecule has 4 rings (SSSR count). The molecule has 2 aromatic carbocycles. The highest BCUT2D eigenvalue weighted by Crippen LogP contribution is 2.21. The number of hydrogen-bond donors (Lipinski definition) is 2. The van der Waals surface area contributed by atoms with Gasteiger partial charge in [0.05, 0.1) is 6.54 Å². The first-order valence-electron chi connectivity index (χ1n) is 10.6. The van der Waals surface area contributed by atoms with Gasteiger partial charge in [0.2, 0.25) is 5.95 Å². The van der Waals surface area contributed by atoms with Crippen molar-refractivity contribution >= 4 is 17.8 Å². The molecule has 2 amide bonds. The summed E-state index contributed by atoms with van der Waals surface area (Å²) in [5.74, 6) is -0.630. The molecular formula is C24H24FN7O2. The lowest BCUT2D eigenvalue weighted by Crippen LogP contribution is -2.52. The van der Waals surface area contributed by atoms with Crippen LogP contribution in [0.15, 0.2) is 67.0 Å². The Morgan fingerprint density at radius 2 is 1.76 bits per heavy atom. The van der Waals surface area contributed by atoms with Crippen LogP contribution in [0.2, 0.25) is 0 Å². The fourth-order valence-corrected chi connectivity index (χ4v) is 3.31. The Labute approximate surface area is 195 Å². The van der Waals surface area contributed by atoms with Gasteiger partial charge in [0.1, 0.15) is 11.4 Å². The van der Waals surface area contributed by atoms with Gasteiger partial charge in [-0.3, -0.25) is 14.9 Å². The van der Waals surface area contributed by atoms with Gasteiger partial charge in [-0.1, -0.05) is 30.3 Å². The van der Waals surface area contributed by atoms with Crippen LogP contribution in [0.25, 0.3) is 11.4 Å². The molecule has 34 heavy (non-hydrogen) atoms. The van der Waals surface area contributed by atoms with Gasteiger partial charge in [-0.05, 0) is 43.7 Å². The van der Waals surface area contributed by atoms with E-state index < -0.39 is 17.4 Å². The molecule has 0 radical (unpaired) electrons. The third-order valence-corrected chi connectivity index (χ3v) is 5.19. The van der Waals surface area contributed by atoms with E-state index in [1.807, 2.05) is 30.3 Å². The van der Waals surface area contributed by atoms with Crippen molar-refractivity contribution in [3.05, 3.63) is 84.2 Å². The van der Waals surface area contributed by atoms with Crippen LogP contribution >= 0.6 is 0 Å². The average Bonchev–Trinajstić information content (AvgIpc) is 3.40. The number of amides is 2. The molecule has 0 saturated heterocycles. The molecule has 10 heteroatoms. The number of rotatable bonds is 7. The Kier molecular flexibility index (Phi) is 6.22. The first-order chi connectivity index (χ1) is 16.2. The van der Waals surface area contributed by atoms with Crippen LogP contribution in [0, 0.1) is 5.82 Å². The van der Waals surface area contributed by atoms with Gasteiger partial charge in [0, 0.05) is 25.0 Å². The second-order valence-electron chi connectivity index (χ2n) is 8.30. The van der Waals surface area contributed by atoms with Crippen LogP contribution in [-0.4, -0.2) is 41.7 Å². The maximum Gasteiger partial charge on any atom is 0.288 e. The zero-order chi connectivity index (χ0) is 24.3. The van der Waals surface area contributed by atoms with E-state index in [0.717, 1.165) is 5.56 Å².